The number of phenolic OH excluding ortho intramolecular Hbond substituents is 1. The fourth-order valence-corrected chi connectivity index (χ4v) is 5.10. The highest BCUT2D eigenvalue weighted by Gasteiger charge is 2.47. The number of benzene rings is 2. The number of aliphatic hydroxyl groups excluding tert-OH is 6. The standard InChI is InChI=1S/C29H34O15/c1-11-19(30)23(34)25(36)28(42-11)41-10-17-21(32)24(35)26(37)29(44-17)43-16-8-15-18(22(33)27(16)39-3)20(31)14(9-40-15)12-4-6-13(38-2)7-5-12/h4-9,11,17,19,21,23-26,28-30,32-37H,10H2,1-3H3/t11-,17-,19-,21+,23+,24+,25+,26-,28+,29-/m1/s1. The van der Waals surface area contributed by atoms with Gasteiger partial charge in [-0.25, -0.2) is 0 Å². The van der Waals surface area contributed by atoms with Crippen molar-refractivity contribution in [3.05, 3.63) is 46.8 Å². The highest BCUT2D eigenvalue weighted by molar-refractivity contribution is 5.91. The van der Waals surface area contributed by atoms with Crippen molar-refractivity contribution in [3.8, 4) is 34.1 Å². The number of aromatic hydroxyl groups is 1. The van der Waals surface area contributed by atoms with Crippen LogP contribution in [0.2, 0.25) is 0 Å². The number of phenols is 1. The summed E-state index contributed by atoms with van der Waals surface area (Å²) in [6.45, 7) is 0.950. The lowest BCUT2D eigenvalue weighted by molar-refractivity contribution is -0.318. The summed E-state index contributed by atoms with van der Waals surface area (Å²) in [5.74, 6) is -0.576. The van der Waals surface area contributed by atoms with Crippen molar-refractivity contribution in [2.75, 3.05) is 20.8 Å². The monoisotopic (exact) mass is 622 g/mol. The predicted molar refractivity (Wildman–Crippen MR) is 148 cm³/mol. The molecule has 2 saturated heterocycles. The van der Waals surface area contributed by atoms with Gasteiger partial charge < -0.3 is 68.6 Å². The molecule has 2 fully saturated rings. The zero-order chi connectivity index (χ0) is 31.9. The third kappa shape index (κ3) is 5.81. The van der Waals surface area contributed by atoms with Crippen LogP contribution in [0.3, 0.4) is 0 Å². The van der Waals surface area contributed by atoms with E-state index >= 15 is 0 Å². The zero-order valence-electron chi connectivity index (χ0n) is 23.8. The number of aliphatic hydroxyl groups is 6. The molecule has 0 unspecified atom stereocenters. The first kappa shape index (κ1) is 31.9. The van der Waals surface area contributed by atoms with E-state index in [1.165, 1.54) is 33.5 Å². The average molecular weight is 623 g/mol. The summed E-state index contributed by atoms with van der Waals surface area (Å²) in [6.07, 6.45) is -13.9. The van der Waals surface area contributed by atoms with E-state index in [0.717, 1.165) is 0 Å². The first-order valence-electron chi connectivity index (χ1n) is 13.6. The Morgan fingerprint density at radius 3 is 2.14 bits per heavy atom. The average Bonchev–Trinajstić information content (AvgIpc) is 3.02. The summed E-state index contributed by atoms with van der Waals surface area (Å²) >= 11 is 0. The van der Waals surface area contributed by atoms with Gasteiger partial charge in [0.2, 0.25) is 17.5 Å². The number of hydrogen-bond acceptors (Lipinski definition) is 15. The van der Waals surface area contributed by atoms with Crippen molar-refractivity contribution >= 4 is 11.0 Å². The van der Waals surface area contributed by atoms with E-state index in [1.54, 1.807) is 24.3 Å². The summed E-state index contributed by atoms with van der Waals surface area (Å²) in [7, 11) is 2.71. The lowest BCUT2D eigenvalue weighted by Crippen LogP contribution is -2.61. The third-order valence-electron chi connectivity index (χ3n) is 7.71. The predicted octanol–water partition coefficient (Wildman–Crippen LogP) is -0.787. The van der Waals surface area contributed by atoms with Crippen molar-refractivity contribution in [1.82, 2.24) is 0 Å². The van der Waals surface area contributed by atoms with Gasteiger partial charge in [-0.15, -0.1) is 0 Å². The van der Waals surface area contributed by atoms with Gasteiger partial charge in [0.1, 0.15) is 65.7 Å². The van der Waals surface area contributed by atoms with Crippen LogP contribution < -0.4 is 19.6 Å². The Balaban J connectivity index is 1.39. The van der Waals surface area contributed by atoms with Crippen molar-refractivity contribution in [3.63, 3.8) is 0 Å². The van der Waals surface area contributed by atoms with E-state index < -0.39 is 79.2 Å². The highest BCUT2D eigenvalue weighted by Crippen LogP contribution is 2.43. The second kappa shape index (κ2) is 12.8. The molecular weight excluding hydrogens is 588 g/mol. The smallest absolute Gasteiger partial charge is 0.229 e. The van der Waals surface area contributed by atoms with Crippen molar-refractivity contribution in [2.24, 2.45) is 0 Å². The highest BCUT2D eigenvalue weighted by atomic mass is 16.7. The third-order valence-corrected chi connectivity index (χ3v) is 7.71. The fourth-order valence-electron chi connectivity index (χ4n) is 5.10. The van der Waals surface area contributed by atoms with Crippen LogP contribution in [0.1, 0.15) is 6.92 Å². The second-order valence-electron chi connectivity index (χ2n) is 10.5. The fraction of sp³-hybridized carbons (Fsp3) is 0.483. The second-order valence-corrected chi connectivity index (χ2v) is 10.5. The molecule has 0 bridgehead atoms. The molecule has 15 heteroatoms. The summed E-state index contributed by atoms with van der Waals surface area (Å²) in [5.41, 5.74) is -0.00112. The van der Waals surface area contributed by atoms with Gasteiger partial charge in [-0.1, -0.05) is 12.1 Å². The molecule has 3 aromatic rings. The topological polar surface area (TPSA) is 227 Å². The Labute approximate surface area is 249 Å². The van der Waals surface area contributed by atoms with Gasteiger partial charge in [-0.05, 0) is 24.6 Å². The van der Waals surface area contributed by atoms with Crippen LogP contribution in [0.25, 0.3) is 22.1 Å². The maximum absolute atomic E-state index is 13.4. The lowest BCUT2D eigenvalue weighted by Gasteiger charge is -2.42. The number of rotatable bonds is 8. The SMILES string of the molecule is COc1ccc(-c2coc3cc(O[C@@H]4O[C@H](CO[C@H]5O[C@H](C)[C@@H](O)[C@H](O)[C@@H]5O)[C@H](O)[C@H](O)[C@H]4O)c(OC)c(O)c3c2=O)cc1. The van der Waals surface area contributed by atoms with E-state index in [9.17, 15) is 40.5 Å². The van der Waals surface area contributed by atoms with Crippen LogP contribution in [0.5, 0.6) is 23.0 Å². The van der Waals surface area contributed by atoms with Gasteiger partial charge in [-0.3, -0.25) is 4.79 Å². The van der Waals surface area contributed by atoms with Gasteiger partial charge in [-0.2, -0.15) is 0 Å². The molecule has 10 atom stereocenters. The Bertz CT molecular complexity index is 1510. The summed E-state index contributed by atoms with van der Waals surface area (Å²) in [5, 5.41) is 72.6. The minimum absolute atomic E-state index is 0.0929. The largest absolute Gasteiger partial charge is 0.504 e. The van der Waals surface area contributed by atoms with E-state index in [1.807, 2.05) is 0 Å². The van der Waals surface area contributed by atoms with E-state index in [4.69, 9.17) is 32.8 Å². The Morgan fingerprint density at radius 2 is 1.48 bits per heavy atom. The van der Waals surface area contributed by atoms with Gasteiger partial charge in [0.25, 0.3) is 0 Å². The van der Waals surface area contributed by atoms with Crippen LogP contribution in [-0.2, 0) is 14.2 Å². The van der Waals surface area contributed by atoms with E-state index in [2.05, 4.69) is 0 Å². The van der Waals surface area contributed by atoms with Gasteiger partial charge >= 0.3 is 0 Å². The van der Waals surface area contributed by atoms with E-state index in [-0.39, 0.29) is 28.0 Å². The van der Waals surface area contributed by atoms with Crippen molar-refractivity contribution < 1.29 is 68.6 Å². The molecule has 0 saturated carbocycles. The normalized spacial score (nSPS) is 32.4. The molecule has 0 spiro atoms. The molecule has 44 heavy (non-hydrogen) atoms. The number of hydrogen-bond donors (Lipinski definition) is 7. The zero-order valence-corrected chi connectivity index (χ0v) is 23.8. The van der Waals surface area contributed by atoms with Crippen LogP contribution in [0.4, 0.5) is 0 Å². The Hall–Kier alpha value is -3.51. The first-order chi connectivity index (χ1) is 21.0. The van der Waals surface area contributed by atoms with Crippen LogP contribution in [0.15, 0.2) is 45.8 Å². The summed E-state index contributed by atoms with van der Waals surface area (Å²) in [6, 6.07) is 7.85. The Morgan fingerprint density at radius 1 is 0.818 bits per heavy atom. The molecule has 240 valence electrons. The molecule has 3 heterocycles. The Kier molecular flexibility index (Phi) is 9.31. The molecule has 0 aliphatic carbocycles. The quantitative estimate of drug-likeness (QED) is 0.163. The molecule has 0 amide bonds. The maximum Gasteiger partial charge on any atom is 0.229 e. The molecule has 1 aromatic heterocycles. The number of fused-ring (bicyclic) bond motifs is 1. The molecule has 15 nitrogen and oxygen atoms in total. The van der Waals surface area contributed by atoms with Crippen LogP contribution in [-0.4, -0.2) is 118 Å². The summed E-state index contributed by atoms with van der Waals surface area (Å²) in [4.78, 5) is 13.4. The van der Waals surface area contributed by atoms with Gasteiger partial charge in [0.05, 0.1) is 32.5 Å². The molecule has 5 rings (SSSR count). The summed E-state index contributed by atoms with van der Waals surface area (Å²) < 4.78 is 38.4. The minimum atomic E-state index is -1.80. The molecule has 7 N–H and O–H groups in total. The number of ether oxygens (including phenoxy) is 6. The number of methoxy groups -OCH3 is 2. The van der Waals surface area contributed by atoms with Crippen molar-refractivity contribution in [2.45, 2.75) is 68.3 Å². The molecule has 0 radical (unpaired) electrons. The lowest BCUT2D eigenvalue weighted by atomic mass is 9.98. The maximum atomic E-state index is 13.4. The van der Waals surface area contributed by atoms with Gasteiger partial charge in [0.15, 0.2) is 17.8 Å². The first-order valence-corrected chi connectivity index (χ1v) is 13.6. The minimum Gasteiger partial charge on any atom is -0.504 e. The van der Waals surface area contributed by atoms with Crippen LogP contribution >= 0.6 is 0 Å². The van der Waals surface area contributed by atoms with E-state index in [0.29, 0.717) is 11.3 Å². The molecule has 2 aliphatic heterocycles. The van der Waals surface area contributed by atoms with Crippen molar-refractivity contribution in [1.29, 1.82) is 0 Å². The molecule has 2 aromatic carbocycles. The van der Waals surface area contributed by atoms with Crippen LogP contribution in [0, 0.1) is 0 Å². The van der Waals surface area contributed by atoms with Gasteiger partial charge in [0, 0.05) is 6.07 Å². The molecular formula is C29H34O15. The molecule has 2 aliphatic rings.